The number of hydrogen-bond donors (Lipinski definition) is 0. The lowest BCUT2D eigenvalue weighted by molar-refractivity contribution is -0.137. The first kappa shape index (κ1) is 29.6. The van der Waals surface area contributed by atoms with E-state index in [9.17, 15) is 27.6 Å². The number of hydrogen-bond acceptors (Lipinski definition) is 5. The van der Waals surface area contributed by atoms with Crippen LogP contribution in [0.1, 0.15) is 21.5 Å². The van der Waals surface area contributed by atoms with Crippen LogP contribution < -0.4 is 9.80 Å². The molecule has 1 aliphatic heterocycles. The predicted octanol–water partition coefficient (Wildman–Crippen LogP) is 4.74. The molecule has 0 aliphatic carbocycles. The van der Waals surface area contributed by atoms with Gasteiger partial charge in [-0.2, -0.15) is 13.2 Å². The number of carbonyl (C=O) groups excluding carboxylic acids is 3. The highest BCUT2D eigenvalue weighted by atomic mass is 19.4. The van der Waals surface area contributed by atoms with Gasteiger partial charge in [-0.3, -0.25) is 9.59 Å². The molecule has 2 amide bonds. The lowest BCUT2D eigenvalue weighted by Gasteiger charge is -2.40. The first-order valence-corrected chi connectivity index (χ1v) is 13.2. The van der Waals surface area contributed by atoms with E-state index in [1.54, 1.807) is 48.2 Å². The topological polar surface area (TPSA) is 64.2 Å². The maximum atomic E-state index is 13.8. The van der Waals surface area contributed by atoms with Crippen molar-refractivity contribution in [1.82, 2.24) is 9.80 Å². The van der Waals surface area contributed by atoms with E-state index in [0.717, 1.165) is 23.4 Å². The Bertz CT molecular complexity index is 1420. The molecule has 216 valence electrons. The van der Waals surface area contributed by atoms with Crippen molar-refractivity contribution in [3.8, 4) is 11.1 Å². The Morgan fingerprint density at radius 1 is 0.951 bits per heavy atom. The molecule has 1 unspecified atom stereocenters. The Kier molecular flexibility index (Phi) is 8.70. The van der Waals surface area contributed by atoms with Gasteiger partial charge in [0.2, 0.25) is 5.91 Å². The standard InChI is InChI=1S/C31H33F3N4O3/c1-21-8-11-25(12-9-21)36(4)19-29(40)37-14-15-38(26(18-37)20-39)30(41)27-17-23(10-13-28(27)35(2)3)22-6-5-7-24(16-22)31(32,33)34/h5-13,16-17,20,26H,14-15,18-19H2,1-4H3. The first-order chi connectivity index (χ1) is 19.4. The number of anilines is 2. The molecule has 0 saturated carbocycles. The number of rotatable bonds is 7. The van der Waals surface area contributed by atoms with Crippen LogP contribution in [0.5, 0.6) is 0 Å². The molecule has 1 heterocycles. The number of likely N-dealkylation sites (N-methyl/N-ethyl adjacent to an activating group) is 1. The van der Waals surface area contributed by atoms with Crippen molar-refractivity contribution < 1.29 is 27.6 Å². The summed E-state index contributed by atoms with van der Waals surface area (Å²) >= 11 is 0. The van der Waals surface area contributed by atoms with Gasteiger partial charge in [0.1, 0.15) is 12.3 Å². The molecule has 1 atom stereocenters. The number of halogens is 3. The number of carbonyl (C=O) groups is 3. The summed E-state index contributed by atoms with van der Waals surface area (Å²) in [6.07, 6.45) is -3.84. The van der Waals surface area contributed by atoms with Gasteiger partial charge in [-0.15, -0.1) is 0 Å². The molecule has 0 spiro atoms. The van der Waals surface area contributed by atoms with E-state index < -0.39 is 23.7 Å². The van der Waals surface area contributed by atoms with E-state index in [1.165, 1.54) is 11.0 Å². The number of piperazine rings is 1. The van der Waals surface area contributed by atoms with Crippen LogP contribution in [-0.4, -0.2) is 81.3 Å². The Morgan fingerprint density at radius 2 is 1.63 bits per heavy atom. The molecule has 0 aromatic heterocycles. The summed E-state index contributed by atoms with van der Waals surface area (Å²) in [4.78, 5) is 45.6. The lowest BCUT2D eigenvalue weighted by Crippen LogP contribution is -2.58. The van der Waals surface area contributed by atoms with E-state index >= 15 is 0 Å². The number of aryl methyl sites for hydroxylation is 1. The summed E-state index contributed by atoms with van der Waals surface area (Å²) < 4.78 is 39.9. The molecule has 4 rings (SSSR count). The predicted molar refractivity (Wildman–Crippen MR) is 153 cm³/mol. The highest BCUT2D eigenvalue weighted by Crippen LogP contribution is 2.34. The summed E-state index contributed by atoms with van der Waals surface area (Å²) in [5, 5.41) is 0. The zero-order valence-electron chi connectivity index (χ0n) is 23.5. The third kappa shape index (κ3) is 6.70. The number of aldehydes is 1. The average Bonchev–Trinajstić information content (AvgIpc) is 2.96. The van der Waals surface area contributed by atoms with Gasteiger partial charge in [-0.25, -0.2) is 0 Å². The fourth-order valence-corrected chi connectivity index (χ4v) is 4.91. The molecular weight excluding hydrogens is 533 g/mol. The van der Waals surface area contributed by atoms with Gasteiger partial charge in [-0.1, -0.05) is 35.9 Å². The van der Waals surface area contributed by atoms with Crippen molar-refractivity contribution in [2.24, 2.45) is 0 Å². The number of benzene rings is 3. The molecule has 0 N–H and O–H groups in total. The second kappa shape index (κ2) is 12.0. The molecule has 3 aromatic carbocycles. The van der Waals surface area contributed by atoms with E-state index in [4.69, 9.17) is 0 Å². The van der Waals surface area contributed by atoms with Gasteiger partial charge >= 0.3 is 6.18 Å². The Labute approximate surface area is 237 Å². The zero-order chi connectivity index (χ0) is 29.9. The van der Waals surface area contributed by atoms with Gasteiger partial charge < -0.3 is 24.4 Å². The Morgan fingerprint density at radius 3 is 2.27 bits per heavy atom. The Hall–Kier alpha value is -4.34. The monoisotopic (exact) mass is 566 g/mol. The molecule has 3 aromatic rings. The van der Waals surface area contributed by atoms with Crippen LogP contribution in [0.15, 0.2) is 66.7 Å². The van der Waals surface area contributed by atoms with Crippen molar-refractivity contribution in [3.05, 3.63) is 83.4 Å². The van der Waals surface area contributed by atoms with Gasteiger partial charge in [0, 0.05) is 52.2 Å². The molecule has 1 saturated heterocycles. The van der Waals surface area contributed by atoms with E-state index in [2.05, 4.69) is 0 Å². The van der Waals surface area contributed by atoms with Crippen molar-refractivity contribution in [2.45, 2.75) is 19.1 Å². The number of nitrogens with zero attached hydrogens (tertiary/aromatic N) is 4. The van der Waals surface area contributed by atoms with Crippen LogP contribution in [0.25, 0.3) is 11.1 Å². The van der Waals surface area contributed by atoms with Gasteiger partial charge in [0.25, 0.3) is 5.91 Å². The van der Waals surface area contributed by atoms with E-state index in [1.807, 2.05) is 43.1 Å². The van der Waals surface area contributed by atoms with Crippen molar-refractivity contribution >= 4 is 29.5 Å². The third-order valence-electron chi connectivity index (χ3n) is 7.27. The maximum absolute atomic E-state index is 13.8. The molecule has 0 radical (unpaired) electrons. The van der Waals surface area contributed by atoms with E-state index in [0.29, 0.717) is 23.1 Å². The van der Waals surface area contributed by atoms with Gasteiger partial charge in [-0.05, 0) is 54.4 Å². The van der Waals surface area contributed by atoms with Crippen LogP contribution in [0.4, 0.5) is 24.5 Å². The first-order valence-electron chi connectivity index (χ1n) is 13.2. The highest BCUT2D eigenvalue weighted by molar-refractivity contribution is 6.02. The average molecular weight is 567 g/mol. The SMILES string of the molecule is Cc1ccc(N(C)CC(=O)N2CCN(C(=O)c3cc(-c4cccc(C(F)(F)F)c4)ccc3N(C)C)C(C=O)C2)cc1. The summed E-state index contributed by atoms with van der Waals surface area (Å²) in [5.41, 5.74) is 2.81. The summed E-state index contributed by atoms with van der Waals surface area (Å²) in [6, 6.07) is 16.8. The van der Waals surface area contributed by atoms with Gasteiger partial charge in [0.05, 0.1) is 17.7 Å². The normalized spacial score (nSPS) is 15.4. The molecule has 1 fully saturated rings. The minimum atomic E-state index is -4.50. The van der Waals surface area contributed by atoms with Crippen LogP contribution in [0, 0.1) is 6.92 Å². The minimum Gasteiger partial charge on any atom is -0.377 e. The van der Waals surface area contributed by atoms with Crippen LogP contribution in [0.2, 0.25) is 0 Å². The summed E-state index contributed by atoms with van der Waals surface area (Å²) in [5.74, 6) is -0.587. The zero-order valence-corrected chi connectivity index (χ0v) is 23.5. The molecule has 7 nitrogen and oxygen atoms in total. The quantitative estimate of drug-likeness (QED) is 0.387. The van der Waals surface area contributed by atoms with Crippen molar-refractivity contribution in [2.75, 3.05) is 57.1 Å². The molecule has 41 heavy (non-hydrogen) atoms. The van der Waals surface area contributed by atoms with Crippen molar-refractivity contribution in [1.29, 1.82) is 0 Å². The smallest absolute Gasteiger partial charge is 0.377 e. The fourth-order valence-electron chi connectivity index (χ4n) is 4.91. The Balaban J connectivity index is 1.54. The minimum absolute atomic E-state index is 0.0560. The number of alkyl halides is 3. The molecule has 0 bridgehead atoms. The fraction of sp³-hybridized carbons (Fsp3) is 0.323. The molecule has 1 aliphatic rings. The maximum Gasteiger partial charge on any atom is 0.416 e. The highest BCUT2D eigenvalue weighted by Gasteiger charge is 2.34. The van der Waals surface area contributed by atoms with Crippen LogP contribution >= 0.6 is 0 Å². The summed E-state index contributed by atoms with van der Waals surface area (Å²) in [6.45, 7) is 2.55. The van der Waals surface area contributed by atoms with Crippen LogP contribution in [0.3, 0.4) is 0 Å². The van der Waals surface area contributed by atoms with Crippen molar-refractivity contribution in [3.63, 3.8) is 0 Å². The third-order valence-corrected chi connectivity index (χ3v) is 7.27. The second-order valence-corrected chi connectivity index (χ2v) is 10.4. The van der Waals surface area contributed by atoms with E-state index in [-0.39, 0.29) is 37.6 Å². The molecule has 10 heteroatoms. The largest absolute Gasteiger partial charge is 0.416 e. The lowest BCUT2D eigenvalue weighted by atomic mass is 9.98. The summed E-state index contributed by atoms with van der Waals surface area (Å²) in [7, 11) is 5.34. The second-order valence-electron chi connectivity index (χ2n) is 10.4. The number of amides is 2. The molecular formula is C31H33F3N4O3. The van der Waals surface area contributed by atoms with Gasteiger partial charge in [0.15, 0.2) is 0 Å². The van der Waals surface area contributed by atoms with Crippen LogP contribution in [-0.2, 0) is 15.8 Å².